The number of pyridine rings is 1. The number of nitrogens with zero attached hydrogens (tertiary/aromatic N) is 2. The molecule has 0 saturated heterocycles. The minimum atomic E-state index is -0.386. The normalized spacial score (nSPS) is 11.3. The predicted octanol–water partition coefficient (Wildman–Crippen LogP) is 5.04. The number of nitrogens with one attached hydrogen (secondary N) is 1. The monoisotopic (exact) mass is 445 g/mol. The molecule has 1 N–H and O–H groups in total. The van der Waals surface area contributed by atoms with Gasteiger partial charge in [0.05, 0.1) is 11.1 Å². The zero-order chi connectivity index (χ0) is 23.4. The van der Waals surface area contributed by atoms with E-state index in [1.54, 1.807) is 30.3 Å². The van der Waals surface area contributed by atoms with E-state index in [2.05, 4.69) is 29.0 Å². The van der Waals surface area contributed by atoms with Gasteiger partial charge in [-0.05, 0) is 68.0 Å². The Bertz CT molecular complexity index is 1290. The lowest BCUT2D eigenvalue weighted by Crippen LogP contribution is -2.27. The summed E-state index contributed by atoms with van der Waals surface area (Å²) in [5.74, 6) is -0.599. The summed E-state index contributed by atoms with van der Waals surface area (Å²) < 4.78 is 11.0. The molecule has 0 radical (unpaired) electrons. The Morgan fingerprint density at radius 3 is 2.48 bits per heavy atom. The Balaban J connectivity index is 1.40. The number of rotatable bonds is 8. The number of carbonyl (C=O) groups is 2. The number of likely N-dealkylation sites (N-methyl/N-ethyl adjacent to an activating group) is 1. The fourth-order valence-corrected chi connectivity index (χ4v) is 3.62. The SMILES string of the molecule is CCN(CC)CCOC(=O)c1ccc(NC(=O)c2cc3cc4ccc(C)cc4nc3o2)cc1. The van der Waals surface area contributed by atoms with Gasteiger partial charge in [0.15, 0.2) is 5.76 Å². The Hall–Kier alpha value is -3.71. The molecule has 0 spiro atoms. The van der Waals surface area contributed by atoms with Crippen LogP contribution in [0.3, 0.4) is 0 Å². The molecule has 170 valence electrons. The number of carbonyl (C=O) groups excluding carboxylic acids is 2. The molecule has 4 aromatic rings. The van der Waals surface area contributed by atoms with Crippen LogP contribution in [0.1, 0.15) is 40.3 Å². The van der Waals surface area contributed by atoms with Crippen molar-refractivity contribution < 1.29 is 18.7 Å². The van der Waals surface area contributed by atoms with Gasteiger partial charge in [0.25, 0.3) is 5.91 Å². The van der Waals surface area contributed by atoms with Gasteiger partial charge in [-0.25, -0.2) is 9.78 Å². The Labute approximate surface area is 192 Å². The zero-order valence-corrected chi connectivity index (χ0v) is 19.1. The average molecular weight is 446 g/mol. The molecule has 0 aliphatic heterocycles. The molecule has 4 rings (SSSR count). The average Bonchev–Trinajstić information content (AvgIpc) is 3.23. The third-order valence-corrected chi connectivity index (χ3v) is 5.60. The first-order chi connectivity index (χ1) is 16.0. The highest BCUT2D eigenvalue weighted by Crippen LogP contribution is 2.24. The van der Waals surface area contributed by atoms with Gasteiger partial charge in [0, 0.05) is 23.0 Å². The highest BCUT2D eigenvalue weighted by atomic mass is 16.5. The van der Waals surface area contributed by atoms with Crippen LogP contribution in [0.15, 0.2) is 59.0 Å². The molecule has 0 bridgehead atoms. The summed E-state index contributed by atoms with van der Waals surface area (Å²) in [7, 11) is 0. The van der Waals surface area contributed by atoms with Crippen LogP contribution in [-0.2, 0) is 4.74 Å². The second-order valence-corrected chi connectivity index (χ2v) is 7.88. The van der Waals surface area contributed by atoms with Crippen molar-refractivity contribution in [2.45, 2.75) is 20.8 Å². The van der Waals surface area contributed by atoms with Gasteiger partial charge in [-0.15, -0.1) is 0 Å². The molecule has 0 fully saturated rings. The van der Waals surface area contributed by atoms with Crippen molar-refractivity contribution in [1.82, 2.24) is 9.88 Å². The first kappa shape index (κ1) is 22.5. The molecule has 2 aromatic carbocycles. The van der Waals surface area contributed by atoms with Crippen molar-refractivity contribution in [3.8, 4) is 0 Å². The largest absolute Gasteiger partial charge is 0.461 e. The van der Waals surface area contributed by atoms with Crippen LogP contribution in [0.25, 0.3) is 22.0 Å². The number of aryl methyl sites for hydroxylation is 1. The summed E-state index contributed by atoms with van der Waals surface area (Å²) in [6, 6.07) is 16.2. The van der Waals surface area contributed by atoms with Crippen LogP contribution >= 0.6 is 0 Å². The highest BCUT2D eigenvalue weighted by Gasteiger charge is 2.15. The minimum absolute atomic E-state index is 0.171. The van der Waals surface area contributed by atoms with Gasteiger partial charge in [-0.3, -0.25) is 4.79 Å². The lowest BCUT2D eigenvalue weighted by Gasteiger charge is -2.17. The van der Waals surface area contributed by atoms with Gasteiger partial charge >= 0.3 is 5.97 Å². The molecule has 7 nitrogen and oxygen atoms in total. The molecule has 0 aliphatic carbocycles. The first-order valence-electron chi connectivity index (χ1n) is 11.1. The van der Waals surface area contributed by atoms with E-state index in [-0.39, 0.29) is 17.6 Å². The van der Waals surface area contributed by atoms with E-state index in [0.29, 0.717) is 30.1 Å². The maximum absolute atomic E-state index is 12.7. The number of hydrogen-bond donors (Lipinski definition) is 1. The number of anilines is 1. The standard InChI is InChI=1S/C26H27N3O4/c1-4-29(5-2)12-13-32-26(31)18-8-10-21(11-9-18)27-24(30)23-16-20-15-19-7-6-17(3)14-22(19)28-25(20)33-23/h6-11,14-16H,4-5,12-13H2,1-3H3,(H,27,30). The van der Waals surface area contributed by atoms with Gasteiger partial charge in [-0.2, -0.15) is 0 Å². The van der Waals surface area contributed by atoms with Crippen LogP contribution in [0.4, 0.5) is 5.69 Å². The summed E-state index contributed by atoms with van der Waals surface area (Å²) in [5.41, 5.74) is 3.33. The van der Waals surface area contributed by atoms with Crippen molar-refractivity contribution in [3.63, 3.8) is 0 Å². The van der Waals surface area contributed by atoms with Crippen molar-refractivity contribution in [2.24, 2.45) is 0 Å². The van der Waals surface area contributed by atoms with Crippen molar-refractivity contribution in [2.75, 3.05) is 31.6 Å². The van der Waals surface area contributed by atoms with Crippen LogP contribution < -0.4 is 5.32 Å². The quantitative estimate of drug-likeness (QED) is 0.383. The van der Waals surface area contributed by atoms with Crippen molar-refractivity contribution >= 4 is 39.6 Å². The molecule has 0 saturated carbocycles. The van der Waals surface area contributed by atoms with E-state index < -0.39 is 0 Å². The summed E-state index contributed by atoms with van der Waals surface area (Å²) in [6.45, 7) is 9.03. The lowest BCUT2D eigenvalue weighted by molar-refractivity contribution is 0.0466. The first-order valence-corrected chi connectivity index (χ1v) is 11.1. The molecular formula is C26H27N3O4. The number of benzene rings is 2. The summed E-state index contributed by atoms with van der Waals surface area (Å²) >= 11 is 0. The number of furan rings is 1. The number of esters is 1. The zero-order valence-electron chi connectivity index (χ0n) is 19.1. The van der Waals surface area contributed by atoms with Crippen LogP contribution in [0, 0.1) is 6.92 Å². The van der Waals surface area contributed by atoms with Gasteiger partial charge in [0.2, 0.25) is 5.71 Å². The number of hydrogen-bond acceptors (Lipinski definition) is 6. The Morgan fingerprint density at radius 2 is 1.76 bits per heavy atom. The van der Waals surface area contributed by atoms with Crippen LogP contribution in [0.2, 0.25) is 0 Å². The third kappa shape index (κ3) is 5.21. The summed E-state index contributed by atoms with van der Waals surface area (Å²) in [6.07, 6.45) is 0. The van der Waals surface area contributed by atoms with E-state index in [4.69, 9.17) is 9.15 Å². The molecule has 7 heteroatoms. The smallest absolute Gasteiger partial charge is 0.338 e. The Morgan fingerprint density at radius 1 is 1.00 bits per heavy atom. The second kappa shape index (κ2) is 9.83. The van der Waals surface area contributed by atoms with Crippen molar-refractivity contribution in [3.05, 3.63) is 71.5 Å². The molecule has 2 aromatic heterocycles. The number of aromatic nitrogens is 1. The second-order valence-electron chi connectivity index (χ2n) is 7.88. The fourth-order valence-electron chi connectivity index (χ4n) is 3.62. The third-order valence-electron chi connectivity index (χ3n) is 5.60. The number of fused-ring (bicyclic) bond motifs is 2. The van der Waals surface area contributed by atoms with Gasteiger partial charge in [-0.1, -0.05) is 26.0 Å². The molecule has 0 aliphatic rings. The topological polar surface area (TPSA) is 84.7 Å². The van der Waals surface area contributed by atoms with E-state index in [1.165, 1.54) is 0 Å². The van der Waals surface area contributed by atoms with E-state index in [0.717, 1.165) is 34.9 Å². The molecule has 0 unspecified atom stereocenters. The predicted molar refractivity (Wildman–Crippen MR) is 129 cm³/mol. The summed E-state index contributed by atoms with van der Waals surface area (Å²) in [4.78, 5) is 31.6. The van der Waals surface area contributed by atoms with Crippen LogP contribution in [-0.4, -0.2) is 48.0 Å². The van der Waals surface area contributed by atoms with Gasteiger partial charge in [0.1, 0.15) is 6.61 Å². The van der Waals surface area contributed by atoms with Crippen molar-refractivity contribution in [1.29, 1.82) is 0 Å². The summed E-state index contributed by atoms with van der Waals surface area (Å²) in [5, 5.41) is 4.54. The van der Waals surface area contributed by atoms with E-state index >= 15 is 0 Å². The highest BCUT2D eigenvalue weighted by molar-refractivity contribution is 6.05. The minimum Gasteiger partial charge on any atom is -0.461 e. The molecule has 2 heterocycles. The molecule has 33 heavy (non-hydrogen) atoms. The molecule has 1 amide bonds. The number of ether oxygens (including phenoxy) is 1. The van der Waals surface area contributed by atoms with E-state index in [9.17, 15) is 9.59 Å². The lowest BCUT2D eigenvalue weighted by atomic mass is 10.1. The molecule has 0 atom stereocenters. The number of amides is 1. The maximum atomic E-state index is 12.7. The maximum Gasteiger partial charge on any atom is 0.338 e. The van der Waals surface area contributed by atoms with E-state index in [1.807, 2.05) is 31.2 Å². The fraction of sp³-hybridized carbons (Fsp3) is 0.269. The van der Waals surface area contributed by atoms with Gasteiger partial charge < -0.3 is 19.4 Å². The molecular weight excluding hydrogens is 418 g/mol. The Kier molecular flexibility index (Phi) is 6.70. The van der Waals surface area contributed by atoms with Crippen LogP contribution in [0.5, 0.6) is 0 Å².